The highest BCUT2D eigenvalue weighted by atomic mass is 32.1. The summed E-state index contributed by atoms with van der Waals surface area (Å²) in [6.45, 7) is 1.22. The largest absolute Gasteiger partial charge is 0.463 e. The van der Waals surface area contributed by atoms with Gasteiger partial charge in [0.1, 0.15) is 5.69 Å². The maximum absolute atomic E-state index is 12.9. The van der Waals surface area contributed by atoms with E-state index in [0.717, 1.165) is 17.7 Å². The lowest BCUT2D eigenvalue weighted by molar-refractivity contribution is 0.0692. The molecule has 9 heteroatoms. The average Bonchev–Trinajstić information content (AvgIpc) is 3.52. The average molecular weight is 395 g/mol. The van der Waals surface area contributed by atoms with Crippen molar-refractivity contribution < 1.29 is 13.6 Å². The smallest absolute Gasteiger partial charge is 0.274 e. The van der Waals surface area contributed by atoms with Gasteiger partial charge in [0, 0.05) is 19.2 Å². The van der Waals surface area contributed by atoms with E-state index in [1.807, 2.05) is 23.6 Å². The molecule has 4 aromatic heterocycles. The van der Waals surface area contributed by atoms with E-state index < -0.39 is 0 Å². The second kappa shape index (κ2) is 7.08. The van der Waals surface area contributed by atoms with Crippen LogP contribution in [0.5, 0.6) is 0 Å². The van der Waals surface area contributed by atoms with Gasteiger partial charge >= 0.3 is 0 Å². The normalized spacial score (nSPS) is 17.1. The lowest BCUT2D eigenvalue weighted by Gasteiger charge is -2.30. The molecule has 0 bridgehead atoms. The van der Waals surface area contributed by atoms with Crippen molar-refractivity contribution >= 4 is 17.2 Å². The van der Waals surface area contributed by atoms with Gasteiger partial charge in [0.05, 0.1) is 17.1 Å². The Bertz CT molecular complexity index is 1070. The fourth-order valence-corrected chi connectivity index (χ4v) is 4.06. The molecule has 0 unspecified atom stereocenters. The van der Waals surface area contributed by atoms with Crippen LogP contribution in [0.2, 0.25) is 0 Å². The SMILES string of the molecule is O=C(c1cc(-c2ccco2)[nH]n1)N1CCC[C@@H](c2nnc(-c3cccs3)o2)C1. The van der Waals surface area contributed by atoms with E-state index in [4.69, 9.17) is 8.83 Å². The van der Waals surface area contributed by atoms with Crippen molar-refractivity contribution in [2.75, 3.05) is 13.1 Å². The molecule has 0 spiro atoms. The number of nitrogens with zero attached hydrogens (tertiary/aromatic N) is 4. The summed E-state index contributed by atoms with van der Waals surface area (Å²) in [6.07, 6.45) is 3.37. The number of likely N-dealkylation sites (tertiary alicyclic amines) is 1. The van der Waals surface area contributed by atoms with Crippen molar-refractivity contribution in [3.63, 3.8) is 0 Å². The van der Waals surface area contributed by atoms with Crippen molar-refractivity contribution in [1.29, 1.82) is 0 Å². The Balaban J connectivity index is 1.31. The standard InChI is InChI=1S/C19H17N5O3S/c25-19(14-10-13(20-21-14)15-5-2-8-26-15)24-7-1-4-12(11-24)17-22-23-18(27-17)16-6-3-9-28-16/h2-3,5-6,8-10,12H,1,4,7,11H2,(H,20,21)/t12-/m1/s1. The molecule has 0 aliphatic carbocycles. The zero-order valence-corrected chi connectivity index (χ0v) is 15.7. The van der Waals surface area contributed by atoms with Crippen LogP contribution in [0.25, 0.3) is 22.2 Å². The van der Waals surface area contributed by atoms with Crippen molar-refractivity contribution in [2.45, 2.75) is 18.8 Å². The molecular weight excluding hydrogens is 378 g/mol. The van der Waals surface area contributed by atoms with Crippen LogP contribution in [0.15, 0.2) is 50.8 Å². The highest BCUT2D eigenvalue weighted by Gasteiger charge is 2.30. The van der Waals surface area contributed by atoms with Gasteiger partial charge in [-0.15, -0.1) is 21.5 Å². The van der Waals surface area contributed by atoms with Gasteiger partial charge in [-0.05, 0) is 36.4 Å². The number of nitrogens with one attached hydrogen (secondary N) is 1. The molecule has 8 nitrogen and oxygen atoms in total. The van der Waals surface area contributed by atoms with Crippen LogP contribution in [0.1, 0.15) is 35.1 Å². The Morgan fingerprint density at radius 1 is 1.29 bits per heavy atom. The highest BCUT2D eigenvalue weighted by Crippen LogP contribution is 2.30. The molecule has 0 saturated carbocycles. The van der Waals surface area contributed by atoms with Gasteiger partial charge in [-0.3, -0.25) is 9.89 Å². The first kappa shape index (κ1) is 16.9. The number of aromatic nitrogens is 4. The van der Waals surface area contributed by atoms with Crippen LogP contribution in [-0.4, -0.2) is 44.3 Å². The Morgan fingerprint density at radius 3 is 3.07 bits per heavy atom. The van der Waals surface area contributed by atoms with Crippen LogP contribution < -0.4 is 0 Å². The van der Waals surface area contributed by atoms with E-state index in [0.29, 0.717) is 42.0 Å². The molecule has 0 radical (unpaired) electrons. The van der Waals surface area contributed by atoms with E-state index >= 15 is 0 Å². The second-order valence-corrected chi connectivity index (χ2v) is 7.60. The summed E-state index contributed by atoms with van der Waals surface area (Å²) in [6, 6.07) is 9.23. The Kier molecular flexibility index (Phi) is 4.28. The number of furan rings is 1. The number of carbonyl (C=O) groups excluding carboxylic acids is 1. The van der Waals surface area contributed by atoms with E-state index in [1.54, 1.807) is 34.6 Å². The molecule has 28 heavy (non-hydrogen) atoms. The van der Waals surface area contributed by atoms with Gasteiger partial charge in [-0.25, -0.2) is 0 Å². The molecule has 1 atom stereocenters. The Labute approximate surface area is 164 Å². The van der Waals surface area contributed by atoms with Crippen LogP contribution >= 0.6 is 11.3 Å². The molecule has 1 saturated heterocycles. The number of thiophene rings is 1. The highest BCUT2D eigenvalue weighted by molar-refractivity contribution is 7.13. The second-order valence-electron chi connectivity index (χ2n) is 6.66. The predicted octanol–water partition coefficient (Wildman–Crippen LogP) is 3.80. The first-order chi connectivity index (χ1) is 13.8. The third kappa shape index (κ3) is 3.13. The first-order valence-electron chi connectivity index (χ1n) is 9.04. The molecule has 1 N–H and O–H groups in total. The van der Waals surface area contributed by atoms with Gasteiger partial charge in [0.2, 0.25) is 5.89 Å². The number of rotatable bonds is 4. The first-order valence-corrected chi connectivity index (χ1v) is 9.92. The quantitative estimate of drug-likeness (QED) is 0.564. The molecule has 0 aromatic carbocycles. The summed E-state index contributed by atoms with van der Waals surface area (Å²) in [5.74, 6) is 1.68. The molecule has 4 aromatic rings. The summed E-state index contributed by atoms with van der Waals surface area (Å²) in [5, 5.41) is 17.4. The fourth-order valence-electron chi connectivity index (χ4n) is 3.41. The monoisotopic (exact) mass is 395 g/mol. The Morgan fingerprint density at radius 2 is 2.25 bits per heavy atom. The number of carbonyl (C=O) groups is 1. The van der Waals surface area contributed by atoms with Crippen molar-refractivity contribution in [2.24, 2.45) is 0 Å². The van der Waals surface area contributed by atoms with Crippen LogP contribution in [0, 0.1) is 0 Å². The molecular formula is C19H17N5O3S. The van der Waals surface area contributed by atoms with E-state index in [9.17, 15) is 4.79 Å². The zero-order valence-electron chi connectivity index (χ0n) is 14.9. The third-order valence-electron chi connectivity index (χ3n) is 4.81. The molecule has 1 aliphatic rings. The summed E-state index contributed by atoms with van der Waals surface area (Å²) in [4.78, 5) is 15.6. The summed E-state index contributed by atoms with van der Waals surface area (Å²) >= 11 is 1.56. The number of H-pyrrole nitrogens is 1. The number of piperidine rings is 1. The lowest BCUT2D eigenvalue weighted by atomic mass is 9.98. The van der Waals surface area contributed by atoms with E-state index in [2.05, 4.69) is 20.4 Å². The minimum Gasteiger partial charge on any atom is -0.463 e. The molecule has 142 valence electrons. The van der Waals surface area contributed by atoms with Gasteiger partial charge in [0.25, 0.3) is 11.8 Å². The van der Waals surface area contributed by atoms with Crippen molar-refractivity contribution in [1.82, 2.24) is 25.3 Å². The summed E-state index contributed by atoms with van der Waals surface area (Å²) in [7, 11) is 0. The number of hydrogen-bond acceptors (Lipinski definition) is 7. The predicted molar refractivity (Wildman–Crippen MR) is 102 cm³/mol. The molecule has 5 rings (SSSR count). The van der Waals surface area contributed by atoms with Crippen LogP contribution in [-0.2, 0) is 0 Å². The maximum Gasteiger partial charge on any atom is 0.274 e. The number of hydrogen-bond donors (Lipinski definition) is 1. The number of amides is 1. The van der Waals surface area contributed by atoms with Crippen LogP contribution in [0.4, 0.5) is 0 Å². The molecule has 1 fully saturated rings. The molecule has 5 heterocycles. The Hall–Kier alpha value is -3.20. The van der Waals surface area contributed by atoms with Gasteiger partial charge in [0.15, 0.2) is 11.5 Å². The van der Waals surface area contributed by atoms with Crippen molar-refractivity contribution in [3.8, 4) is 22.2 Å². The number of aromatic amines is 1. The zero-order chi connectivity index (χ0) is 18.9. The third-order valence-corrected chi connectivity index (χ3v) is 5.67. The minimum atomic E-state index is -0.114. The summed E-state index contributed by atoms with van der Waals surface area (Å²) < 4.78 is 11.2. The fraction of sp³-hybridized carbons (Fsp3) is 0.263. The minimum absolute atomic E-state index is 0.0300. The molecule has 1 aliphatic heterocycles. The topological polar surface area (TPSA) is 101 Å². The maximum atomic E-state index is 12.9. The summed E-state index contributed by atoms with van der Waals surface area (Å²) in [5.41, 5.74) is 1.05. The molecule has 1 amide bonds. The van der Waals surface area contributed by atoms with E-state index in [1.165, 1.54) is 0 Å². The van der Waals surface area contributed by atoms with Crippen molar-refractivity contribution in [3.05, 3.63) is 53.6 Å². The van der Waals surface area contributed by atoms with Gasteiger partial charge in [-0.2, -0.15) is 5.10 Å². The van der Waals surface area contributed by atoms with Crippen LogP contribution in [0.3, 0.4) is 0 Å². The van der Waals surface area contributed by atoms with Gasteiger partial charge in [-0.1, -0.05) is 6.07 Å². The van der Waals surface area contributed by atoms with E-state index in [-0.39, 0.29) is 11.8 Å². The van der Waals surface area contributed by atoms with Gasteiger partial charge < -0.3 is 13.7 Å². The lowest BCUT2D eigenvalue weighted by Crippen LogP contribution is -2.39.